The number of carbonyl (C=O) groups excluding carboxylic acids is 2. The summed E-state index contributed by atoms with van der Waals surface area (Å²) in [6, 6.07) is 0. The Kier molecular flexibility index (Phi) is 12.9. The molecule has 0 radical (unpaired) electrons. The minimum Gasteiger partial charge on any atom is -0.462 e. The Hall–Kier alpha value is 0.300. The molecular formula is C23H38I2O4. The molecule has 2 aliphatic carbocycles. The van der Waals surface area contributed by atoms with Gasteiger partial charge in [0.05, 0.1) is 6.10 Å². The predicted molar refractivity (Wildman–Crippen MR) is 135 cm³/mol. The maximum absolute atomic E-state index is 11.7. The smallest absolute Gasteiger partial charge is 0.302 e. The molecule has 0 bridgehead atoms. The SMILES string of the molecule is CC(=O)C[C@H](O)CC(C)CC[C@H]1C(C)C=CC2CC(C)C[C@H](OC(C)=O)[C@@H]21.II. The number of hydrogen-bond acceptors (Lipinski definition) is 4. The highest BCUT2D eigenvalue weighted by molar-refractivity contribution is 15.0. The lowest BCUT2D eigenvalue weighted by Crippen LogP contribution is -2.45. The third kappa shape index (κ3) is 9.13. The van der Waals surface area contributed by atoms with Gasteiger partial charge >= 0.3 is 5.97 Å². The number of aliphatic hydroxyl groups is 1. The molecule has 0 heterocycles. The Morgan fingerprint density at radius 2 is 1.83 bits per heavy atom. The second kappa shape index (κ2) is 13.7. The van der Waals surface area contributed by atoms with E-state index in [1.54, 1.807) is 0 Å². The molecule has 0 aromatic carbocycles. The normalized spacial score (nSPS) is 33.0. The van der Waals surface area contributed by atoms with Crippen LogP contribution < -0.4 is 0 Å². The largest absolute Gasteiger partial charge is 0.462 e. The summed E-state index contributed by atoms with van der Waals surface area (Å²) in [5.41, 5.74) is 0. The van der Waals surface area contributed by atoms with Gasteiger partial charge in [-0.05, 0) is 62.2 Å². The monoisotopic (exact) mass is 632 g/mol. The number of aliphatic hydroxyl groups excluding tert-OH is 1. The van der Waals surface area contributed by atoms with Crippen LogP contribution in [0.1, 0.15) is 73.1 Å². The van der Waals surface area contributed by atoms with Crippen molar-refractivity contribution in [2.45, 2.75) is 85.4 Å². The molecule has 0 aliphatic heterocycles. The Morgan fingerprint density at radius 3 is 2.41 bits per heavy atom. The number of ether oxygens (including phenoxy) is 1. The third-order valence-corrected chi connectivity index (χ3v) is 6.57. The molecule has 1 N–H and O–H groups in total. The molecule has 0 saturated heterocycles. The first-order valence-electron chi connectivity index (χ1n) is 10.8. The molecule has 4 unspecified atom stereocenters. The van der Waals surface area contributed by atoms with E-state index < -0.39 is 6.10 Å². The molecule has 0 spiro atoms. The number of esters is 1. The number of hydrogen-bond donors (Lipinski definition) is 1. The van der Waals surface area contributed by atoms with Gasteiger partial charge in [-0.2, -0.15) is 0 Å². The van der Waals surface area contributed by atoms with E-state index >= 15 is 0 Å². The summed E-state index contributed by atoms with van der Waals surface area (Å²) in [7, 11) is 0. The van der Waals surface area contributed by atoms with Crippen molar-refractivity contribution >= 4 is 49.0 Å². The van der Waals surface area contributed by atoms with Crippen LogP contribution in [0.4, 0.5) is 0 Å². The molecule has 8 atom stereocenters. The molecule has 4 nitrogen and oxygen atoms in total. The van der Waals surface area contributed by atoms with Crippen LogP contribution in [0.3, 0.4) is 0 Å². The maximum Gasteiger partial charge on any atom is 0.302 e. The van der Waals surface area contributed by atoms with Crippen LogP contribution >= 0.6 is 37.2 Å². The number of allylic oxidation sites excluding steroid dienone is 2. The number of carbonyl (C=O) groups is 2. The van der Waals surface area contributed by atoms with E-state index in [9.17, 15) is 14.7 Å². The van der Waals surface area contributed by atoms with Crippen molar-refractivity contribution in [1.29, 1.82) is 0 Å². The number of ketones is 1. The Morgan fingerprint density at radius 1 is 1.17 bits per heavy atom. The van der Waals surface area contributed by atoms with E-state index in [-0.39, 0.29) is 24.3 Å². The summed E-state index contributed by atoms with van der Waals surface area (Å²) in [6.45, 7) is 9.74. The van der Waals surface area contributed by atoms with Gasteiger partial charge in [-0.25, -0.2) is 0 Å². The van der Waals surface area contributed by atoms with Gasteiger partial charge < -0.3 is 9.84 Å². The van der Waals surface area contributed by atoms with Crippen LogP contribution in [-0.4, -0.2) is 29.1 Å². The summed E-state index contributed by atoms with van der Waals surface area (Å²) in [5.74, 6) is 2.72. The van der Waals surface area contributed by atoms with Gasteiger partial charge in [-0.1, -0.05) is 39.3 Å². The molecule has 6 heteroatoms. The van der Waals surface area contributed by atoms with Crippen molar-refractivity contribution in [3.8, 4) is 0 Å². The molecule has 0 aromatic rings. The first kappa shape index (κ1) is 27.3. The Bertz CT molecular complexity index is 551. The molecular weight excluding hydrogens is 594 g/mol. The van der Waals surface area contributed by atoms with Crippen LogP contribution in [0, 0.1) is 35.5 Å². The summed E-state index contributed by atoms with van der Waals surface area (Å²) in [4.78, 5) is 22.8. The quantitative estimate of drug-likeness (QED) is 0.193. The Balaban J connectivity index is 0.00000204. The van der Waals surface area contributed by atoms with Gasteiger partial charge in [0.1, 0.15) is 11.9 Å². The van der Waals surface area contributed by atoms with Gasteiger partial charge in [-0.15, -0.1) is 0 Å². The average molecular weight is 632 g/mol. The fourth-order valence-electron chi connectivity index (χ4n) is 5.43. The lowest BCUT2D eigenvalue weighted by atomic mass is 9.60. The fourth-order valence-corrected chi connectivity index (χ4v) is 5.43. The minimum absolute atomic E-state index is 0.0206. The molecule has 2 aliphatic rings. The van der Waals surface area contributed by atoms with E-state index in [1.807, 2.05) is 0 Å². The van der Waals surface area contributed by atoms with Crippen molar-refractivity contribution in [3.05, 3.63) is 12.2 Å². The first-order valence-corrected chi connectivity index (χ1v) is 17.1. The van der Waals surface area contributed by atoms with Gasteiger partial charge in [0.15, 0.2) is 0 Å². The van der Waals surface area contributed by atoms with Crippen LogP contribution in [-0.2, 0) is 14.3 Å². The van der Waals surface area contributed by atoms with E-state index in [4.69, 9.17) is 4.74 Å². The van der Waals surface area contributed by atoms with Gasteiger partial charge in [0.25, 0.3) is 0 Å². The lowest BCUT2D eigenvalue weighted by molar-refractivity contribution is -0.156. The number of rotatable bonds is 8. The number of halogens is 2. The summed E-state index contributed by atoms with van der Waals surface area (Å²) >= 11 is 4.24. The van der Waals surface area contributed by atoms with Gasteiger partial charge in [0, 0.05) is 56.5 Å². The maximum atomic E-state index is 11.7. The topological polar surface area (TPSA) is 63.6 Å². The highest BCUT2D eigenvalue weighted by Crippen LogP contribution is 2.47. The molecule has 2 rings (SSSR count). The Labute approximate surface area is 200 Å². The average Bonchev–Trinajstić information content (AvgIpc) is 2.61. The predicted octanol–water partition coefficient (Wildman–Crippen LogP) is 6.32. The number of fused-ring (bicyclic) bond motifs is 1. The molecule has 29 heavy (non-hydrogen) atoms. The summed E-state index contributed by atoms with van der Waals surface area (Å²) in [5, 5.41) is 10.0. The fraction of sp³-hybridized carbons (Fsp3) is 0.826. The zero-order chi connectivity index (χ0) is 22.1. The molecule has 1 saturated carbocycles. The van der Waals surface area contributed by atoms with Crippen LogP contribution in [0.5, 0.6) is 0 Å². The van der Waals surface area contributed by atoms with E-state index in [0.717, 1.165) is 19.3 Å². The molecule has 168 valence electrons. The van der Waals surface area contributed by atoms with Crippen molar-refractivity contribution in [1.82, 2.24) is 0 Å². The van der Waals surface area contributed by atoms with Crippen molar-refractivity contribution in [3.63, 3.8) is 0 Å². The zero-order valence-corrected chi connectivity index (χ0v) is 22.8. The third-order valence-electron chi connectivity index (χ3n) is 6.57. The number of Topliss-reactive ketones (excluding diaryl/α,β-unsaturated/α-hetero) is 1. The highest BCUT2D eigenvalue weighted by atomic mass is 128. The van der Waals surface area contributed by atoms with Gasteiger partial charge in [0.2, 0.25) is 0 Å². The standard InChI is InChI=1S/C23H38O4.I2/c1-14(11-20(26)13-17(4)24)6-9-21-16(3)7-8-19-10-15(2)12-22(23(19)21)27-18(5)25;1-2/h7-8,14-16,19-23,26H,6,9-13H2,1-5H3;/t14?,15?,16?,19?,20-,21+,22+,23+;/m1./s1. The summed E-state index contributed by atoms with van der Waals surface area (Å²) in [6.07, 6.45) is 9.38. The van der Waals surface area contributed by atoms with Crippen LogP contribution in [0.25, 0.3) is 0 Å². The minimum atomic E-state index is -0.529. The summed E-state index contributed by atoms with van der Waals surface area (Å²) < 4.78 is 5.77. The second-order valence-corrected chi connectivity index (χ2v) is 9.35. The van der Waals surface area contributed by atoms with E-state index in [1.165, 1.54) is 20.3 Å². The molecule has 0 amide bonds. The van der Waals surface area contributed by atoms with Crippen molar-refractivity contribution in [2.75, 3.05) is 0 Å². The van der Waals surface area contributed by atoms with Crippen LogP contribution in [0.2, 0.25) is 0 Å². The molecule has 0 aromatic heterocycles. The second-order valence-electron chi connectivity index (χ2n) is 9.35. The van der Waals surface area contributed by atoms with Crippen molar-refractivity contribution < 1.29 is 19.4 Å². The van der Waals surface area contributed by atoms with E-state index in [0.29, 0.717) is 41.9 Å². The van der Waals surface area contributed by atoms with Crippen LogP contribution in [0.15, 0.2) is 12.2 Å². The highest BCUT2D eigenvalue weighted by Gasteiger charge is 2.44. The van der Waals surface area contributed by atoms with Gasteiger partial charge in [-0.3, -0.25) is 9.59 Å². The van der Waals surface area contributed by atoms with Crippen molar-refractivity contribution in [2.24, 2.45) is 35.5 Å². The van der Waals surface area contributed by atoms with E-state index in [2.05, 4.69) is 70.2 Å². The zero-order valence-electron chi connectivity index (χ0n) is 18.4. The first-order chi connectivity index (χ1) is 13.7. The lowest BCUT2D eigenvalue weighted by Gasteiger charge is -2.47. The molecule has 1 fully saturated rings.